The predicted octanol–water partition coefficient (Wildman–Crippen LogP) is 4.06. The van der Waals surface area contributed by atoms with Crippen LogP contribution in [0.2, 0.25) is 0 Å². The van der Waals surface area contributed by atoms with E-state index in [4.69, 9.17) is 0 Å². The van der Waals surface area contributed by atoms with Gasteiger partial charge >= 0.3 is 0 Å². The van der Waals surface area contributed by atoms with E-state index in [1.807, 2.05) is 41.3 Å². The minimum Gasteiger partial charge on any atom is -0.341 e. The molecular weight excluding hydrogens is 432 g/mol. The first-order valence-corrected chi connectivity index (χ1v) is 12.9. The van der Waals surface area contributed by atoms with Crippen LogP contribution in [0, 0.1) is 5.92 Å². The van der Waals surface area contributed by atoms with Gasteiger partial charge in [0, 0.05) is 13.1 Å². The number of hydrogen-bond acceptors (Lipinski definition) is 3. The standard InChI is InChI=1S/C27H30N2O3S/c30-27(29-18-16-24(17-19-29)20-22-10-4-1-5-11-22)26(21-23-12-6-2-7-13-23)28-33(31,32)25-14-8-3-9-15-25/h1-15,24,26,28H,16-21H2/t26-/m0/s1. The summed E-state index contributed by atoms with van der Waals surface area (Å²) in [7, 11) is -3.81. The molecule has 1 saturated heterocycles. The van der Waals surface area contributed by atoms with E-state index >= 15 is 0 Å². The highest BCUT2D eigenvalue weighted by Gasteiger charge is 2.31. The minimum atomic E-state index is -3.81. The Morgan fingerprint density at radius 2 is 1.33 bits per heavy atom. The second kappa shape index (κ2) is 10.8. The number of piperidine rings is 1. The average molecular weight is 463 g/mol. The van der Waals surface area contributed by atoms with E-state index in [1.54, 1.807) is 30.3 Å². The van der Waals surface area contributed by atoms with E-state index in [0.29, 0.717) is 25.4 Å². The van der Waals surface area contributed by atoms with Gasteiger partial charge in [-0.1, -0.05) is 78.9 Å². The zero-order chi connectivity index (χ0) is 23.1. The molecule has 172 valence electrons. The van der Waals surface area contributed by atoms with E-state index in [2.05, 4.69) is 29.0 Å². The van der Waals surface area contributed by atoms with Crippen LogP contribution in [-0.4, -0.2) is 38.4 Å². The average Bonchev–Trinajstić information content (AvgIpc) is 2.85. The summed E-state index contributed by atoms with van der Waals surface area (Å²) in [5, 5.41) is 0. The largest absolute Gasteiger partial charge is 0.341 e. The summed E-state index contributed by atoms with van der Waals surface area (Å²) in [6, 6.07) is 27.3. The molecule has 33 heavy (non-hydrogen) atoms. The molecule has 1 N–H and O–H groups in total. The molecule has 0 spiro atoms. The number of likely N-dealkylation sites (tertiary alicyclic amines) is 1. The SMILES string of the molecule is O=C([C@H](Cc1ccccc1)NS(=O)(=O)c1ccccc1)N1CCC(Cc2ccccc2)CC1. The maximum Gasteiger partial charge on any atom is 0.241 e. The molecule has 0 aliphatic carbocycles. The van der Waals surface area contributed by atoms with E-state index in [-0.39, 0.29) is 10.8 Å². The molecule has 0 bridgehead atoms. The summed E-state index contributed by atoms with van der Waals surface area (Å²) in [5.74, 6) is 0.376. The zero-order valence-electron chi connectivity index (χ0n) is 18.6. The number of carbonyl (C=O) groups is 1. The van der Waals surface area contributed by atoms with Crippen LogP contribution in [0.4, 0.5) is 0 Å². The third kappa shape index (κ3) is 6.30. The molecule has 1 heterocycles. The Balaban J connectivity index is 1.45. The number of benzene rings is 3. The van der Waals surface area contributed by atoms with Gasteiger partial charge in [0.1, 0.15) is 6.04 Å². The van der Waals surface area contributed by atoms with Crippen LogP contribution in [0.1, 0.15) is 24.0 Å². The summed E-state index contributed by atoms with van der Waals surface area (Å²) in [6.45, 7) is 1.30. The normalized spacial score (nSPS) is 15.8. The van der Waals surface area contributed by atoms with Crippen LogP contribution in [0.5, 0.6) is 0 Å². The van der Waals surface area contributed by atoms with Crippen molar-refractivity contribution in [1.29, 1.82) is 0 Å². The first-order chi connectivity index (χ1) is 16.0. The Kier molecular flexibility index (Phi) is 7.57. The molecule has 4 rings (SSSR count). The number of rotatable bonds is 8. The van der Waals surface area contributed by atoms with Crippen LogP contribution in [-0.2, 0) is 27.7 Å². The monoisotopic (exact) mass is 462 g/mol. The third-order valence-corrected chi connectivity index (χ3v) is 7.71. The number of sulfonamides is 1. The highest BCUT2D eigenvalue weighted by molar-refractivity contribution is 7.89. The Morgan fingerprint density at radius 3 is 1.91 bits per heavy atom. The van der Waals surface area contributed by atoms with Gasteiger partial charge in [0.2, 0.25) is 15.9 Å². The molecule has 1 fully saturated rings. The molecule has 3 aromatic rings. The van der Waals surface area contributed by atoms with Gasteiger partial charge in [-0.3, -0.25) is 4.79 Å². The summed E-state index contributed by atoms with van der Waals surface area (Å²) >= 11 is 0. The molecular formula is C27H30N2O3S. The van der Waals surface area contributed by atoms with Crippen LogP contribution >= 0.6 is 0 Å². The van der Waals surface area contributed by atoms with Crippen molar-refractivity contribution < 1.29 is 13.2 Å². The summed E-state index contributed by atoms with van der Waals surface area (Å²) in [6.07, 6.45) is 3.17. The van der Waals surface area contributed by atoms with Gasteiger partial charge in [0.05, 0.1) is 4.90 Å². The molecule has 1 aliphatic heterocycles. The molecule has 1 amide bonds. The van der Waals surface area contributed by atoms with Gasteiger partial charge in [-0.05, 0) is 54.9 Å². The lowest BCUT2D eigenvalue weighted by Crippen LogP contribution is -2.51. The maximum atomic E-state index is 13.5. The molecule has 0 aromatic heterocycles. The number of nitrogens with zero attached hydrogens (tertiary/aromatic N) is 1. The van der Waals surface area contributed by atoms with Crippen LogP contribution in [0.25, 0.3) is 0 Å². The van der Waals surface area contributed by atoms with Crippen molar-refractivity contribution in [2.75, 3.05) is 13.1 Å². The van der Waals surface area contributed by atoms with Crippen LogP contribution in [0.15, 0.2) is 95.9 Å². The minimum absolute atomic E-state index is 0.156. The fourth-order valence-electron chi connectivity index (χ4n) is 4.41. The van der Waals surface area contributed by atoms with Gasteiger partial charge in [-0.25, -0.2) is 8.42 Å². The zero-order valence-corrected chi connectivity index (χ0v) is 19.5. The predicted molar refractivity (Wildman–Crippen MR) is 130 cm³/mol. The summed E-state index contributed by atoms with van der Waals surface area (Å²) < 4.78 is 28.7. The van der Waals surface area contributed by atoms with Crippen molar-refractivity contribution in [1.82, 2.24) is 9.62 Å². The van der Waals surface area contributed by atoms with E-state index in [0.717, 1.165) is 24.8 Å². The Labute approximate surface area is 196 Å². The number of carbonyl (C=O) groups excluding carboxylic acids is 1. The van der Waals surface area contributed by atoms with Gasteiger partial charge in [-0.2, -0.15) is 4.72 Å². The van der Waals surface area contributed by atoms with Crippen molar-refractivity contribution in [2.24, 2.45) is 5.92 Å². The van der Waals surface area contributed by atoms with Gasteiger partial charge in [-0.15, -0.1) is 0 Å². The first kappa shape index (κ1) is 23.2. The molecule has 3 aromatic carbocycles. The number of nitrogens with one attached hydrogen (secondary N) is 1. The quantitative estimate of drug-likeness (QED) is 0.549. The highest BCUT2D eigenvalue weighted by atomic mass is 32.2. The Hall–Kier alpha value is -2.96. The smallest absolute Gasteiger partial charge is 0.241 e. The summed E-state index contributed by atoms with van der Waals surface area (Å²) in [5.41, 5.74) is 2.24. The van der Waals surface area contributed by atoms with Crippen molar-refractivity contribution in [3.63, 3.8) is 0 Å². The highest BCUT2D eigenvalue weighted by Crippen LogP contribution is 2.23. The Morgan fingerprint density at radius 1 is 0.818 bits per heavy atom. The van der Waals surface area contributed by atoms with E-state index in [9.17, 15) is 13.2 Å². The fourth-order valence-corrected chi connectivity index (χ4v) is 5.62. The number of hydrogen-bond donors (Lipinski definition) is 1. The molecule has 0 unspecified atom stereocenters. The van der Waals surface area contributed by atoms with Gasteiger partial charge in [0.15, 0.2) is 0 Å². The molecule has 0 saturated carbocycles. The van der Waals surface area contributed by atoms with Crippen molar-refractivity contribution in [2.45, 2.75) is 36.6 Å². The van der Waals surface area contributed by atoms with Crippen molar-refractivity contribution >= 4 is 15.9 Å². The lowest BCUT2D eigenvalue weighted by Gasteiger charge is -2.34. The van der Waals surface area contributed by atoms with Crippen LogP contribution in [0.3, 0.4) is 0 Å². The Bertz CT molecular complexity index is 1130. The third-order valence-electron chi connectivity index (χ3n) is 6.23. The van der Waals surface area contributed by atoms with Crippen LogP contribution < -0.4 is 4.72 Å². The lowest BCUT2D eigenvalue weighted by atomic mass is 9.90. The van der Waals surface area contributed by atoms with E-state index < -0.39 is 16.1 Å². The molecule has 1 atom stereocenters. The molecule has 6 heteroatoms. The fraction of sp³-hybridized carbons (Fsp3) is 0.296. The summed E-state index contributed by atoms with van der Waals surface area (Å²) in [4.78, 5) is 15.5. The van der Waals surface area contributed by atoms with Gasteiger partial charge < -0.3 is 4.90 Å². The molecule has 1 aliphatic rings. The second-order valence-electron chi connectivity index (χ2n) is 8.64. The maximum absolute atomic E-state index is 13.5. The van der Waals surface area contributed by atoms with Crippen molar-refractivity contribution in [3.8, 4) is 0 Å². The molecule has 5 nitrogen and oxygen atoms in total. The molecule has 0 radical (unpaired) electrons. The van der Waals surface area contributed by atoms with E-state index in [1.165, 1.54) is 5.56 Å². The lowest BCUT2D eigenvalue weighted by molar-refractivity contribution is -0.134. The first-order valence-electron chi connectivity index (χ1n) is 11.5. The van der Waals surface area contributed by atoms with Gasteiger partial charge in [0.25, 0.3) is 0 Å². The second-order valence-corrected chi connectivity index (χ2v) is 10.3. The topological polar surface area (TPSA) is 66.5 Å². The van der Waals surface area contributed by atoms with Crippen molar-refractivity contribution in [3.05, 3.63) is 102 Å². The number of amides is 1.